The van der Waals surface area contributed by atoms with Gasteiger partial charge in [0.15, 0.2) is 0 Å². The number of fused-ring (bicyclic) bond motifs is 2. The predicted molar refractivity (Wildman–Crippen MR) is 53.5 cm³/mol. The van der Waals surface area contributed by atoms with Crippen molar-refractivity contribution in [3.63, 3.8) is 0 Å². The van der Waals surface area contributed by atoms with Crippen molar-refractivity contribution in [2.24, 2.45) is 5.92 Å². The molecule has 0 aromatic carbocycles. The number of rotatable bonds is 3. The quantitative estimate of drug-likeness (QED) is 0.721. The van der Waals surface area contributed by atoms with Crippen molar-refractivity contribution in [3.05, 3.63) is 0 Å². The molecule has 5 heteroatoms. The molecule has 84 valence electrons. The molecule has 2 bridgehead atoms. The first-order valence-corrected chi connectivity index (χ1v) is 5.43. The Morgan fingerprint density at radius 1 is 1.40 bits per heavy atom. The lowest BCUT2D eigenvalue weighted by Crippen LogP contribution is -2.39. The van der Waals surface area contributed by atoms with Crippen LogP contribution in [0.25, 0.3) is 0 Å². The van der Waals surface area contributed by atoms with E-state index in [2.05, 4.69) is 5.32 Å². The van der Waals surface area contributed by atoms with E-state index in [1.165, 1.54) is 6.42 Å². The van der Waals surface area contributed by atoms with Crippen molar-refractivity contribution in [2.45, 2.75) is 31.7 Å². The van der Waals surface area contributed by atoms with Crippen LogP contribution in [-0.4, -0.2) is 41.1 Å². The number of nitrogens with one attached hydrogen (secondary N) is 1. The fourth-order valence-corrected chi connectivity index (χ4v) is 2.65. The van der Waals surface area contributed by atoms with Gasteiger partial charge in [-0.1, -0.05) is 0 Å². The molecule has 1 aliphatic heterocycles. The summed E-state index contributed by atoms with van der Waals surface area (Å²) in [6.45, 7) is 1.11. The first kappa shape index (κ1) is 10.3. The maximum absolute atomic E-state index is 11.7. The Morgan fingerprint density at radius 3 is 2.73 bits per heavy atom. The fourth-order valence-electron chi connectivity index (χ4n) is 2.65. The summed E-state index contributed by atoms with van der Waals surface area (Å²) in [6.07, 6.45) is 2.75. The van der Waals surface area contributed by atoms with Gasteiger partial charge in [0.25, 0.3) is 0 Å². The molecule has 2 N–H and O–H groups in total. The molecule has 1 aliphatic carbocycles. The van der Waals surface area contributed by atoms with Gasteiger partial charge in [0.1, 0.15) is 0 Å². The Kier molecular flexibility index (Phi) is 2.79. The highest BCUT2D eigenvalue weighted by Crippen LogP contribution is 2.37. The molecular weight excluding hydrogens is 196 g/mol. The third kappa shape index (κ3) is 2.22. The van der Waals surface area contributed by atoms with Gasteiger partial charge < -0.3 is 15.3 Å². The predicted octanol–water partition coefficient (Wildman–Crippen LogP) is 0.655. The number of likely N-dealkylation sites (tertiary alicyclic amines) is 1. The summed E-state index contributed by atoms with van der Waals surface area (Å²) in [5, 5.41) is 10.6. The summed E-state index contributed by atoms with van der Waals surface area (Å²) in [7, 11) is 0. The molecule has 2 fully saturated rings. The van der Waals surface area contributed by atoms with E-state index >= 15 is 0 Å². The Labute approximate surface area is 88.4 Å². The van der Waals surface area contributed by atoms with Gasteiger partial charge in [-0.15, -0.1) is 0 Å². The monoisotopic (exact) mass is 212 g/mol. The maximum Gasteiger partial charge on any atom is 0.404 e. The average molecular weight is 212 g/mol. The van der Waals surface area contributed by atoms with Crippen molar-refractivity contribution >= 4 is 12.0 Å². The Bertz CT molecular complexity index is 280. The lowest BCUT2D eigenvalue weighted by Gasteiger charge is -2.26. The molecule has 0 aromatic rings. The number of carbonyl (C=O) groups excluding carboxylic acids is 1. The van der Waals surface area contributed by atoms with Crippen LogP contribution < -0.4 is 5.32 Å². The highest BCUT2D eigenvalue weighted by molar-refractivity contribution is 5.77. The molecule has 15 heavy (non-hydrogen) atoms. The largest absolute Gasteiger partial charge is 0.465 e. The fraction of sp³-hybridized carbons (Fsp3) is 0.800. The van der Waals surface area contributed by atoms with Crippen molar-refractivity contribution < 1.29 is 14.7 Å². The number of carboxylic acid groups (broad SMARTS) is 1. The van der Waals surface area contributed by atoms with Gasteiger partial charge in [0.05, 0.1) is 0 Å². The SMILES string of the molecule is O=C(O)NCCC(=O)N1CC2CCC1C2. The van der Waals surface area contributed by atoms with Gasteiger partial charge in [0.2, 0.25) is 5.91 Å². The van der Waals surface area contributed by atoms with Crippen molar-refractivity contribution in [3.8, 4) is 0 Å². The minimum atomic E-state index is -1.06. The highest BCUT2D eigenvalue weighted by Gasteiger charge is 2.39. The Balaban J connectivity index is 1.74. The molecule has 2 aliphatic rings. The van der Waals surface area contributed by atoms with Crippen LogP contribution in [0.3, 0.4) is 0 Å². The summed E-state index contributed by atoms with van der Waals surface area (Å²) in [5.74, 6) is 0.794. The lowest BCUT2D eigenvalue weighted by atomic mass is 10.1. The van der Waals surface area contributed by atoms with Crippen LogP contribution in [0.5, 0.6) is 0 Å². The highest BCUT2D eigenvalue weighted by atomic mass is 16.4. The van der Waals surface area contributed by atoms with E-state index < -0.39 is 6.09 Å². The van der Waals surface area contributed by atoms with Crippen LogP contribution in [-0.2, 0) is 4.79 Å². The molecule has 2 atom stereocenters. The van der Waals surface area contributed by atoms with Crippen molar-refractivity contribution in [1.82, 2.24) is 10.2 Å². The Morgan fingerprint density at radius 2 is 2.20 bits per heavy atom. The number of hydrogen-bond acceptors (Lipinski definition) is 2. The van der Waals surface area contributed by atoms with Gasteiger partial charge in [0, 0.05) is 25.6 Å². The summed E-state index contributed by atoms with van der Waals surface area (Å²) < 4.78 is 0. The van der Waals surface area contributed by atoms with E-state index in [0.717, 1.165) is 19.4 Å². The van der Waals surface area contributed by atoms with Crippen LogP contribution in [0.4, 0.5) is 4.79 Å². The van der Waals surface area contributed by atoms with Crippen LogP contribution in [0.15, 0.2) is 0 Å². The van der Waals surface area contributed by atoms with Gasteiger partial charge in [-0.25, -0.2) is 4.79 Å². The molecule has 1 saturated heterocycles. The average Bonchev–Trinajstić information content (AvgIpc) is 2.77. The first-order chi connectivity index (χ1) is 7.16. The molecule has 0 aromatic heterocycles. The molecule has 1 heterocycles. The van der Waals surface area contributed by atoms with Crippen molar-refractivity contribution in [1.29, 1.82) is 0 Å². The normalized spacial score (nSPS) is 28.1. The number of carbonyl (C=O) groups is 2. The summed E-state index contributed by atoms with van der Waals surface area (Å²) in [5.41, 5.74) is 0. The first-order valence-electron chi connectivity index (χ1n) is 5.43. The smallest absolute Gasteiger partial charge is 0.404 e. The maximum atomic E-state index is 11.7. The zero-order valence-electron chi connectivity index (χ0n) is 8.61. The van der Waals surface area contributed by atoms with E-state index in [4.69, 9.17) is 5.11 Å². The van der Waals surface area contributed by atoms with Gasteiger partial charge in [-0.2, -0.15) is 0 Å². The van der Waals surface area contributed by atoms with E-state index in [0.29, 0.717) is 12.0 Å². The molecule has 5 nitrogen and oxygen atoms in total. The number of hydrogen-bond donors (Lipinski definition) is 2. The molecule has 0 spiro atoms. The minimum absolute atomic E-state index is 0.0935. The van der Waals surface area contributed by atoms with Crippen LogP contribution in [0.2, 0.25) is 0 Å². The molecule has 2 unspecified atom stereocenters. The summed E-state index contributed by atoms with van der Waals surface area (Å²) in [4.78, 5) is 23.8. The van der Waals surface area contributed by atoms with E-state index in [1.807, 2.05) is 4.90 Å². The van der Waals surface area contributed by atoms with Crippen molar-refractivity contribution in [2.75, 3.05) is 13.1 Å². The standard InChI is InChI=1S/C10H16N2O3/c13-9(3-4-11-10(14)15)12-6-7-1-2-8(12)5-7/h7-8,11H,1-6H2,(H,14,15). The molecular formula is C10H16N2O3. The van der Waals surface area contributed by atoms with Crippen LogP contribution in [0.1, 0.15) is 25.7 Å². The number of piperidine rings is 1. The zero-order valence-corrected chi connectivity index (χ0v) is 8.61. The van der Waals surface area contributed by atoms with E-state index in [9.17, 15) is 9.59 Å². The summed E-state index contributed by atoms with van der Waals surface area (Å²) in [6, 6.07) is 0.437. The molecule has 2 rings (SSSR count). The van der Waals surface area contributed by atoms with Crippen LogP contribution >= 0.6 is 0 Å². The second-order valence-corrected chi connectivity index (χ2v) is 4.36. The second-order valence-electron chi connectivity index (χ2n) is 4.36. The van der Waals surface area contributed by atoms with Crippen LogP contribution in [0, 0.1) is 5.92 Å². The lowest BCUT2D eigenvalue weighted by molar-refractivity contribution is -0.132. The van der Waals surface area contributed by atoms with E-state index in [-0.39, 0.29) is 18.9 Å². The Hall–Kier alpha value is -1.26. The topological polar surface area (TPSA) is 69.6 Å². The molecule has 1 saturated carbocycles. The third-order valence-corrected chi connectivity index (χ3v) is 3.34. The minimum Gasteiger partial charge on any atom is -0.465 e. The molecule has 2 amide bonds. The number of nitrogens with zero attached hydrogens (tertiary/aromatic N) is 1. The van der Waals surface area contributed by atoms with Gasteiger partial charge in [-0.05, 0) is 25.2 Å². The zero-order chi connectivity index (χ0) is 10.8. The second kappa shape index (κ2) is 4.08. The third-order valence-electron chi connectivity index (χ3n) is 3.34. The molecule has 0 radical (unpaired) electrons. The van der Waals surface area contributed by atoms with E-state index in [1.54, 1.807) is 0 Å². The number of amides is 2. The summed E-state index contributed by atoms with van der Waals surface area (Å²) >= 11 is 0. The van der Waals surface area contributed by atoms with Gasteiger partial charge in [-0.3, -0.25) is 4.79 Å². The van der Waals surface area contributed by atoms with Gasteiger partial charge >= 0.3 is 6.09 Å².